The van der Waals surface area contributed by atoms with Crippen molar-refractivity contribution in [2.45, 2.75) is 64.1 Å². The minimum absolute atomic E-state index is 0.465. The first-order valence-electron chi connectivity index (χ1n) is 6.31. The molecule has 0 heterocycles. The molecule has 4 nitrogen and oxygen atoms in total. The first-order chi connectivity index (χ1) is 8.23. The minimum atomic E-state index is -2.09. The summed E-state index contributed by atoms with van der Waals surface area (Å²) < 4.78 is 23.0. The van der Waals surface area contributed by atoms with E-state index in [9.17, 15) is 14.0 Å². The van der Waals surface area contributed by atoms with Crippen LogP contribution in [0.3, 0.4) is 0 Å². The summed E-state index contributed by atoms with van der Waals surface area (Å²) in [5, 5.41) is 0. The fourth-order valence-electron chi connectivity index (χ4n) is 2.00. The van der Waals surface area contributed by atoms with Crippen LogP contribution in [-0.2, 0) is 19.1 Å². The summed E-state index contributed by atoms with van der Waals surface area (Å²) in [7, 11) is 0. The van der Waals surface area contributed by atoms with Gasteiger partial charge in [-0.05, 0) is 46.5 Å². The van der Waals surface area contributed by atoms with Crippen molar-refractivity contribution in [3.8, 4) is 0 Å². The van der Waals surface area contributed by atoms with Gasteiger partial charge in [-0.1, -0.05) is 6.42 Å². The largest absolute Gasteiger partial charge is 0.457 e. The molecular formula is C13H21FO4. The van der Waals surface area contributed by atoms with E-state index in [2.05, 4.69) is 4.74 Å². The van der Waals surface area contributed by atoms with Gasteiger partial charge in [-0.15, -0.1) is 0 Å². The SMILES string of the molecule is CC1(OC(=O)COC(=O)C(C)(C)F)CCCCC1. The van der Waals surface area contributed by atoms with Crippen LogP contribution in [0.5, 0.6) is 0 Å². The molecule has 18 heavy (non-hydrogen) atoms. The number of ether oxygens (including phenoxy) is 2. The Labute approximate surface area is 107 Å². The maximum atomic E-state index is 13.1. The molecule has 0 radical (unpaired) electrons. The van der Waals surface area contributed by atoms with Crippen LogP contribution in [0.4, 0.5) is 4.39 Å². The molecule has 104 valence electrons. The Hall–Kier alpha value is -1.13. The summed E-state index contributed by atoms with van der Waals surface area (Å²) in [6, 6.07) is 0. The van der Waals surface area contributed by atoms with Crippen molar-refractivity contribution < 1.29 is 23.5 Å². The lowest BCUT2D eigenvalue weighted by molar-refractivity contribution is -0.174. The Kier molecular flexibility index (Phi) is 4.71. The Balaban J connectivity index is 2.35. The van der Waals surface area contributed by atoms with Gasteiger partial charge in [-0.25, -0.2) is 14.0 Å². The number of rotatable bonds is 4. The zero-order chi connectivity index (χ0) is 13.8. The topological polar surface area (TPSA) is 52.6 Å². The van der Waals surface area contributed by atoms with Gasteiger partial charge in [0.15, 0.2) is 6.61 Å². The highest BCUT2D eigenvalue weighted by molar-refractivity contribution is 5.81. The van der Waals surface area contributed by atoms with Gasteiger partial charge in [-0.2, -0.15) is 0 Å². The van der Waals surface area contributed by atoms with Gasteiger partial charge in [0, 0.05) is 0 Å². The summed E-state index contributed by atoms with van der Waals surface area (Å²) in [5.41, 5.74) is -2.55. The molecule has 0 atom stereocenters. The maximum Gasteiger partial charge on any atom is 0.344 e. The number of carbonyl (C=O) groups is 2. The van der Waals surface area contributed by atoms with Crippen molar-refractivity contribution in [1.29, 1.82) is 0 Å². The lowest BCUT2D eigenvalue weighted by Crippen LogP contribution is -2.37. The summed E-state index contributed by atoms with van der Waals surface area (Å²) in [6.07, 6.45) is 4.85. The van der Waals surface area contributed by atoms with E-state index < -0.39 is 29.8 Å². The Bertz CT molecular complexity index is 313. The molecule has 1 saturated carbocycles. The van der Waals surface area contributed by atoms with Crippen LogP contribution in [0.25, 0.3) is 0 Å². The van der Waals surface area contributed by atoms with Gasteiger partial charge < -0.3 is 9.47 Å². The molecule has 1 rings (SSSR count). The van der Waals surface area contributed by atoms with Crippen LogP contribution >= 0.6 is 0 Å². The second kappa shape index (κ2) is 5.67. The zero-order valence-electron chi connectivity index (χ0n) is 11.3. The van der Waals surface area contributed by atoms with E-state index >= 15 is 0 Å². The standard InChI is InChI=1S/C13H21FO4/c1-12(2,14)11(16)17-9-10(15)18-13(3)7-5-4-6-8-13/h4-9H2,1-3H3. The smallest absolute Gasteiger partial charge is 0.344 e. The fraction of sp³-hybridized carbons (Fsp3) is 0.846. The number of alkyl halides is 1. The molecule has 0 N–H and O–H groups in total. The van der Waals surface area contributed by atoms with Gasteiger partial charge >= 0.3 is 11.9 Å². The molecule has 0 unspecified atom stereocenters. The van der Waals surface area contributed by atoms with Crippen molar-refractivity contribution in [2.75, 3.05) is 6.61 Å². The van der Waals surface area contributed by atoms with E-state index in [1.54, 1.807) is 0 Å². The lowest BCUT2D eigenvalue weighted by atomic mass is 9.86. The number of hydrogen-bond donors (Lipinski definition) is 0. The Morgan fingerprint density at radius 1 is 1.22 bits per heavy atom. The normalized spacial score (nSPS) is 19.1. The molecule has 5 heteroatoms. The van der Waals surface area contributed by atoms with Gasteiger partial charge in [0.25, 0.3) is 0 Å². The van der Waals surface area contributed by atoms with E-state index in [0.29, 0.717) is 0 Å². The monoisotopic (exact) mass is 260 g/mol. The second-order valence-corrected chi connectivity index (χ2v) is 5.53. The predicted octanol–water partition coefficient (Wildman–Crippen LogP) is 2.54. The molecule has 0 bridgehead atoms. The van der Waals surface area contributed by atoms with Gasteiger partial charge in [0.1, 0.15) is 5.60 Å². The highest BCUT2D eigenvalue weighted by Gasteiger charge is 2.32. The minimum Gasteiger partial charge on any atom is -0.457 e. The van der Waals surface area contributed by atoms with Crippen LogP contribution in [0.1, 0.15) is 52.9 Å². The average Bonchev–Trinajstić information content (AvgIpc) is 2.24. The first-order valence-corrected chi connectivity index (χ1v) is 6.31. The van der Waals surface area contributed by atoms with Crippen molar-refractivity contribution >= 4 is 11.9 Å². The van der Waals surface area contributed by atoms with E-state index in [0.717, 1.165) is 46.0 Å². The number of halogens is 1. The molecule has 0 spiro atoms. The molecule has 1 aliphatic rings. The number of hydrogen-bond acceptors (Lipinski definition) is 4. The van der Waals surface area contributed by atoms with E-state index in [4.69, 9.17) is 4.74 Å². The molecule has 0 aromatic rings. The first kappa shape index (κ1) is 14.9. The third-order valence-electron chi connectivity index (χ3n) is 3.08. The Morgan fingerprint density at radius 2 is 1.78 bits per heavy atom. The van der Waals surface area contributed by atoms with Crippen LogP contribution in [0, 0.1) is 0 Å². The van der Waals surface area contributed by atoms with Crippen molar-refractivity contribution in [3.05, 3.63) is 0 Å². The van der Waals surface area contributed by atoms with Crippen molar-refractivity contribution in [2.24, 2.45) is 0 Å². The van der Waals surface area contributed by atoms with Gasteiger partial charge in [-0.3, -0.25) is 0 Å². The number of esters is 2. The highest BCUT2D eigenvalue weighted by Crippen LogP contribution is 2.31. The molecule has 0 aromatic carbocycles. The fourth-order valence-corrected chi connectivity index (χ4v) is 2.00. The Morgan fingerprint density at radius 3 is 2.28 bits per heavy atom. The maximum absolute atomic E-state index is 13.1. The summed E-state index contributed by atoms with van der Waals surface area (Å²) in [4.78, 5) is 22.7. The predicted molar refractivity (Wildman–Crippen MR) is 63.7 cm³/mol. The lowest BCUT2D eigenvalue weighted by Gasteiger charge is -2.33. The summed E-state index contributed by atoms with van der Waals surface area (Å²) >= 11 is 0. The van der Waals surface area contributed by atoms with Crippen LogP contribution in [0.2, 0.25) is 0 Å². The second-order valence-electron chi connectivity index (χ2n) is 5.53. The molecule has 0 saturated heterocycles. The molecule has 0 aromatic heterocycles. The third kappa shape index (κ3) is 4.63. The third-order valence-corrected chi connectivity index (χ3v) is 3.08. The molecule has 0 aliphatic heterocycles. The van der Waals surface area contributed by atoms with Crippen LogP contribution in [-0.4, -0.2) is 29.8 Å². The van der Waals surface area contributed by atoms with E-state index in [1.165, 1.54) is 0 Å². The van der Waals surface area contributed by atoms with Crippen LogP contribution < -0.4 is 0 Å². The van der Waals surface area contributed by atoms with Gasteiger partial charge in [0.05, 0.1) is 0 Å². The highest BCUT2D eigenvalue weighted by atomic mass is 19.1. The van der Waals surface area contributed by atoms with Crippen LogP contribution in [0.15, 0.2) is 0 Å². The van der Waals surface area contributed by atoms with E-state index in [1.807, 2.05) is 6.92 Å². The van der Waals surface area contributed by atoms with Gasteiger partial charge in [0.2, 0.25) is 5.67 Å². The molecule has 1 fully saturated rings. The molecular weight excluding hydrogens is 239 g/mol. The zero-order valence-corrected chi connectivity index (χ0v) is 11.3. The number of carbonyl (C=O) groups excluding carboxylic acids is 2. The summed E-state index contributed by atoms with van der Waals surface area (Å²) in [5.74, 6) is -1.66. The van der Waals surface area contributed by atoms with E-state index in [-0.39, 0.29) is 0 Å². The summed E-state index contributed by atoms with van der Waals surface area (Å²) in [6.45, 7) is 3.53. The quantitative estimate of drug-likeness (QED) is 0.729. The molecule has 0 amide bonds. The van der Waals surface area contributed by atoms with Crippen molar-refractivity contribution in [3.63, 3.8) is 0 Å². The van der Waals surface area contributed by atoms with Crippen molar-refractivity contribution in [1.82, 2.24) is 0 Å². The molecule has 1 aliphatic carbocycles. The average molecular weight is 260 g/mol.